The van der Waals surface area contributed by atoms with Crippen molar-refractivity contribution in [1.82, 2.24) is 0 Å². The maximum absolute atomic E-state index is 11.0. The Balaban J connectivity index is 2.19. The maximum atomic E-state index is 11.0. The van der Waals surface area contributed by atoms with Gasteiger partial charge in [0.25, 0.3) is 0 Å². The topological polar surface area (TPSA) is 46.5 Å². The minimum absolute atomic E-state index is 0.201. The summed E-state index contributed by atoms with van der Waals surface area (Å²) in [6, 6.07) is 8.98. The van der Waals surface area contributed by atoms with Crippen LogP contribution in [0.5, 0.6) is 5.75 Å². The van der Waals surface area contributed by atoms with Crippen LogP contribution in [0.25, 0.3) is 0 Å². The van der Waals surface area contributed by atoms with Crippen molar-refractivity contribution in [2.75, 3.05) is 0 Å². The van der Waals surface area contributed by atoms with Crippen LogP contribution in [0, 0.1) is 6.92 Å². The highest BCUT2D eigenvalue weighted by atomic mass is 32.1. The maximum Gasteiger partial charge on any atom is 0.339 e. The van der Waals surface area contributed by atoms with Crippen LogP contribution >= 0.6 is 11.3 Å². The zero-order valence-corrected chi connectivity index (χ0v) is 10.2. The molecule has 0 radical (unpaired) electrons. The van der Waals surface area contributed by atoms with Crippen molar-refractivity contribution in [3.05, 3.63) is 51.7 Å². The lowest BCUT2D eigenvalue weighted by atomic mass is 10.1. The molecule has 0 atom stereocenters. The number of aromatic carboxylic acids is 1. The van der Waals surface area contributed by atoms with Crippen LogP contribution < -0.4 is 4.74 Å². The normalized spacial score (nSPS) is 10.2. The number of carbonyl (C=O) groups is 1. The predicted octanol–water partition coefficient (Wildman–Crippen LogP) is 3.33. The molecule has 2 aromatic rings. The van der Waals surface area contributed by atoms with E-state index in [1.54, 1.807) is 29.5 Å². The van der Waals surface area contributed by atoms with Crippen LogP contribution in [0.2, 0.25) is 0 Å². The van der Waals surface area contributed by atoms with Gasteiger partial charge in [-0.25, -0.2) is 4.79 Å². The Labute approximate surface area is 103 Å². The van der Waals surface area contributed by atoms with E-state index in [1.807, 2.05) is 24.4 Å². The zero-order valence-electron chi connectivity index (χ0n) is 9.34. The van der Waals surface area contributed by atoms with Gasteiger partial charge >= 0.3 is 5.97 Å². The van der Waals surface area contributed by atoms with Crippen LogP contribution in [-0.2, 0) is 6.61 Å². The molecule has 4 heteroatoms. The molecule has 0 aliphatic rings. The van der Waals surface area contributed by atoms with Gasteiger partial charge in [0.05, 0.1) is 0 Å². The van der Waals surface area contributed by atoms with E-state index in [2.05, 4.69) is 0 Å². The standard InChI is InChI=1S/C13H12O3S/c1-9-4-5-11(13(14)15)12(7-9)16-8-10-3-2-6-17-10/h2-7H,8H2,1H3,(H,14,15). The number of hydrogen-bond donors (Lipinski definition) is 1. The summed E-state index contributed by atoms with van der Waals surface area (Å²) in [6.07, 6.45) is 0. The number of carboxylic acids is 1. The van der Waals surface area contributed by atoms with Crippen molar-refractivity contribution in [2.45, 2.75) is 13.5 Å². The summed E-state index contributed by atoms with van der Waals surface area (Å²) in [5.41, 5.74) is 1.18. The van der Waals surface area contributed by atoms with E-state index in [0.717, 1.165) is 10.4 Å². The fourth-order valence-electron chi connectivity index (χ4n) is 1.47. The van der Waals surface area contributed by atoms with Crippen molar-refractivity contribution >= 4 is 17.3 Å². The van der Waals surface area contributed by atoms with Crippen LogP contribution in [0.3, 0.4) is 0 Å². The Morgan fingerprint density at radius 1 is 1.41 bits per heavy atom. The van der Waals surface area contributed by atoms with Gasteiger partial charge in [0.15, 0.2) is 0 Å². The Morgan fingerprint density at radius 2 is 2.24 bits per heavy atom. The van der Waals surface area contributed by atoms with E-state index in [0.29, 0.717) is 12.4 Å². The van der Waals surface area contributed by atoms with Gasteiger partial charge in [0.2, 0.25) is 0 Å². The molecular weight excluding hydrogens is 236 g/mol. The summed E-state index contributed by atoms with van der Waals surface area (Å²) in [6.45, 7) is 2.31. The van der Waals surface area contributed by atoms with Gasteiger partial charge in [-0.1, -0.05) is 12.1 Å². The Morgan fingerprint density at radius 3 is 2.88 bits per heavy atom. The molecule has 1 heterocycles. The minimum Gasteiger partial charge on any atom is -0.487 e. The van der Waals surface area contributed by atoms with Crippen molar-refractivity contribution in [3.63, 3.8) is 0 Å². The molecule has 88 valence electrons. The molecule has 17 heavy (non-hydrogen) atoms. The molecule has 0 saturated heterocycles. The average molecular weight is 248 g/mol. The van der Waals surface area contributed by atoms with Crippen molar-refractivity contribution in [3.8, 4) is 5.75 Å². The molecule has 1 aromatic carbocycles. The van der Waals surface area contributed by atoms with Gasteiger partial charge in [-0.05, 0) is 36.1 Å². The summed E-state index contributed by atoms with van der Waals surface area (Å²) in [7, 11) is 0. The third-order valence-corrected chi connectivity index (χ3v) is 3.17. The van der Waals surface area contributed by atoms with E-state index >= 15 is 0 Å². The Hall–Kier alpha value is -1.81. The van der Waals surface area contributed by atoms with E-state index in [9.17, 15) is 4.79 Å². The Kier molecular flexibility index (Phi) is 3.44. The molecule has 1 aromatic heterocycles. The molecule has 0 aliphatic carbocycles. The van der Waals surface area contributed by atoms with Crippen LogP contribution in [0.4, 0.5) is 0 Å². The molecule has 0 aliphatic heterocycles. The predicted molar refractivity (Wildman–Crippen MR) is 66.8 cm³/mol. The minimum atomic E-state index is -0.967. The lowest BCUT2D eigenvalue weighted by molar-refractivity contribution is 0.0692. The van der Waals surface area contributed by atoms with Gasteiger partial charge in [-0.2, -0.15) is 0 Å². The van der Waals surface area contributed by atoms with E-state index in [1.165, 1.54) is 0 Å². The quantitative estimate of drug-likeness (QED) is 0.902. The summed E-state index contributed by atoms with van der Waals surface area (Å²) >= 11 is 1.59. The molecule has 0 bridgehead atoms. The Bertz CT molecular complexity index is 517. The fourth-order valence-corrected chi connectivity index (χ4v) is 2.09. The highest BCUT2D eigenvalue weighted by molar-refractivity contribution is 7.09. The van der Waals surface area contributed by atoms with Crippen LogP contribution in [-0.4, -0.2) is 11.1 Å². The zero-order chi connectivity index (χ0) is 12.3. The van der Waals surface area contributed by atoms with Gasteiger partial charge in [-0.15, -0.1) is 11.3 Å². The number of thiophene rings is 1. The van der Waals surface area contributed by atoms with Crippen molar-refractivity contribution in [1.29, 1.82) is 0 Å². The lowest BCUT2D eigenvalue weighted by Crippen LogP contribution is -2.03. The highest BCUT2D eigenvalue weighted by Gasteiger charge is 2.11. The summed E-state index contributed by atoms with van der Waals surface area (Å²) in [5, 5.41) is 11.0. The molecular formula is C13H12O3S. The van der Waals surface area contributed by atoms with Gasteiger partial charge in [-0.3, -0.25) is 0 Å². The van der Waals surface area contributed by atoms with Gasteiger partial charge < -0.3 is 9.84 Å². The van der Waals surface area contributed by atoms with E-state index < -0.39 is 5.97 Å². The van der Waals surface area contributed by atoms with E-state index in [-0.39, 0.29) is 5.56 Å². The smallest absolute Gasteiger partial charge is 0.339 e. The SMILES string of the molecule is Cc1ccc(C(=O)O)c(OCc2cccs2)c1. The average Bonchev–Trinajstić information content (AvgIpc) is 2.78. The molecule has 3 nitrogen and oxygen atoms in total. The monoisotopic (exact) mass is 248 g/mol. The third kappa shape index (κ3) is 2.85. The van der Waals surface area contributed by atoms with Gasteiger partial charge in [0, 0.05) is 4.88 Å². The van der Waals surface area contributed by atoms with Crippen LogP contribution in [0.15, 0.2) is 35.7 Å². The summed E-state index contributed by atoms with van der Waals surface area (Å²) in [5.74, 6) is -0.544. The molecule has 0 unspecified atom stereocenters. The summed E-state index contributed by atoms with van der Waals surface area (Å²) in [4.78, 5) is 12.1. The molecule has 0 fully saturated rings. The molecule has 2 rings (SSSR count). The molecule has 1 N–H and O–H groups in total. The molecule has 0 spiro atoms. The second-order valence-corrected chi connectivity index (χ2v) is 4.71. The molecule has 0 saturated carbocycles. The number of rotatable bonds is 4. The number of carboxylic acid groups (broad SMARTS) is 1. The number of hydrogen-bond acceptors (Lipinski definition) is 3. The first-order valence-corrected chi connectivity index (χ1v) is 6.04. The third-order valence-electron chi connectivity index (χ3n) is 2.32. The van der Waals surface area contributed by atoms with Crippen molar-refractivity contribution < 1.29 is 14.6 Å². The first-order valence-electron chi connectivity index (χ1n) is 5.16. The second-order valence-electron chi connectivity index (χ2n) is 3.67. The fraction of sp³-hybridized carbons (Fsp3) is 0.154. The molecule has 0 amide bonds. The first-order chi connectivity index (χ1) is 8.16. The summed E-state index contributed by atoms with van der Waals surface area (Å²) < 4.78 is 5.55. The number of aryl methyl sites for hydroxylation is 1. The second kappa shape index (κ2) is 5.01. The largest absolute Gasteiger partial charge is 0.487 e. The van der Waals surface area contributed by atoms with Gasteiger partial charge in [0.1, 0.15) is 17.9 Å². The first kappa shape index (κ1) is 11.7. The van der Waals surface area contributed by atoms with E-state index in [4.69, 9.17) is 9.84 Å². The lowest BCUT2D eigenvalue weighted by Gasteiger charge is -2.08. The number of ether oxygens (including phenoxy) is 1. The van der Waals surface area contributed by atoms with Crippen LogP contribution in [0.1, 0.15) is 20.8 Å². The number of benzene rings is 1. The highest BCUT2D eigenvalue weighted by Crippen LogP contribution is 2.22. The van der Waals surface area contributed by atoms with Crippen molar-refractivity contribution in [2.24, 2.45) is 0 Å².